The summed E-state index contributed by atoms with van der Waals surface area (Å²) >= 11 is 0. The highest BCUT2D eigenvalue weighted by Crippen LogP contribution is 2.29. The van der Waals surface area contributed by atoms with Crippen molar-refractivity contribution in [2.24, 2.45) is 10.9 Å². The van der Waals surface area contributed by atoms with E-state index < -0.39 is 10.0 Å². The van der Waals surface area contributed by atoms with Gasteiger partial charge in [0.1, 0.15) is 0 Å². The lowest BCUT2D eigenvalue weighted by Gasteiger charge is -2.21. The fourth-order valence-corrected chi connectivity index (χ4v) is 4.90. The van der Waals surface area contributed by atoms with Crippen LogP contribution >= 0.6 is 0 Å². The molecule has 164 valence electrons. The van der Waals surface area contributed by atoms with E-state index >= 15 is 0 Å². The zero-order chi connectivity index (χ0) is 21.3. The molecule has 1 heterocycles. The molecule has 8 heteroatoms. The molecule has 1 atom stereocenters. The van der Waals surface area contributed by atoms with Crippen LogP contribution in [-0.4, -0.2) is 59.0 Å². The number of nitrogens with one attached hydrogen (secondary N) is 2. The first-order valence-corrected chi connectivity index (χ1v) is 12.2. The maximum absolute atomic E-state index is 12.8. The van der Waals surface area contributed by atoms with Crippen LogP contribution in [0.25, 0.3) is 0 Å². The number of para-hydroxylation sites is 1. The van der Waals surface area contributed by atoms with Crippen LogP contribution in [0.4, 0.5) is 5.69 Å². The summed E-state index contributed by atoms with van der Waals surface area (Å²) in [7, 11) is -3.37. The van der Waals surface area contributed by atoms with Crippen LogP contribution in [0.1, 0.15) is 39.7 Å². The van der Waals surface area contributed by atoms with Gasteiger partial charge in [0.2, 0.25) is 10.0 Å². The number of fused-ring (bicyclic) bond motifs is 1. The Hall–Kier alpha value is -1.80. The lowest BCUT2D eigenvalue weighted by molar-refractivity contribution is 0.0266. The van der Waals surface area contributed by atoms with Gasteiger partial charge in [-0.3, -0.25) is 9.30 Å². The van der Waals surface area contributed by atoms with Gasteiger partial charge in [-0.2, -0.15) is 0 Å². The summed E-state index contributed by atoms with van der Waals surface area (Å²) in [5.74, 6) is 1.11. The highest BCUT2D eigenvalue weighted by atomic mass is 32.2. The van der Waals surface area contributed by atoms with Crippen LogP contribution in [0.2, 0.25) is 0 Å². The fourth-order valence-electron chi connectivity index (χ4n) is 3.47. The summed E-state index contributed by atoms with van der Waals surface area (Å²) in [6, 6.07) is 7.70. The first kappa shape index (κ1) is 23.5. The number of hydrogen-bond acceptors (Lipinski definition) is 4. The minimum atomic E-state index is -3.37. The third kappa shape index (κ3) is 6.89. The number of sulfonamides is 1. The molecule has 29 heavy (non-hydrogen) atoms. The van der Waals surface area contributed by atoms with E-state index in [-0.39, 0.29) is 11.9 Å². The molecule has 0 spiro atoms. The summed E-state index contributed by atoms with van der Waals surface area (Å²) in [6.07, 6.45) is 1.79. The smallest absolute Gasteiger partial charge is 0.236 e. The number of anilines is 1. The standard InChI is InChI=1S/C21H36N4O3S/c1-5-22-21(23-13-11-20(17(3)4)28-6-2)24-14-16-29(26,27)25-15-12-18-9-7-8-10-19(18)25/h7-10,17,20H,5-6,11-16H2,1-4H3,(H2,22,23,24). The van der Waals surface area contributed by atoms with Gasteiger partial charge in [0.05, 0.1) is 17.5 Å². The maximum atomic E-state index is 12.8. The summed E-state index contributed by atoms with van der Waals surface area (Å²) in [6.45, 7) is 11.2. The Morgan fingerprint density at radius 1 is 1.24 bits per heavy atom. The van der Waals surface area contributed by atoms with Gasteiger partial charge < -0.3 is 15.4 Å². The molecule has 2 N–H and O–H groups in total. The van der Waals surface area contributed by atoms with Crippen LogP contribution in [0.3, 0.4) is 0 Å². The Bertz CT molecular complexity index is 765. The predicted octanol–water partition coefficient (Wildman–Crippen LogP) is 2.39. The van der Waals surface area contributed by atoms with Crippen LogP contribution < -0.4 is 14.9 Å². The Kier molecular flexibility index (Phi) is 9.23. The van der Waals surface area contributed by atoms with Crippen molar-refractivity contribution in [3.8, 4) is 0 Å². The van der Waals surface area contributed by atoms with Crippen LogP contribution in [0.5, 0.6) is 0 Å². The zero-order valence-electron chi connectivity index (χ0n) is 18.1. The van der Waals surface area contributed by atoms with Crippen molar-refractivity contribution in [3.05, 3.63) is 29.8 Å². The minimum Gasteiger partial charge on any atom is -0.378 e. The van der Waals surface area contributed by atoms with Gasteiger partial charge in [0.25, 0.3) is 0 Å². The third-order valence-electron chi connectivity index (χ3n) is 4.98. The molecule has 0 aromatic heterocycles. The molecule has 0 saturated heterocycles. The number of benzene rings is 1. The Morgan fingerprint density at radius 3 is 2.69 bits per heavy atom. The molecule has 0 aliphatic carbocycles. The summed E-state index contributed by atoms with van der Waals surface area (Å²) in [5, 5.41) is 6.33. The molecule has 1 aromatic carbocycles. The largest absolute Gasteiger partial charge is 0.378 e. The highest BCUT2D eigenvalue weighted by Gasteiger charge is 2.28. The highest BCUT2D eigenvalue weighted by molar-refractivity contribution is 7.92. The molecule has 1 aliphatic heterocycles. The SMILES string of the molecule is CCNC(=NCCC(OCC)C(C)C)NCCS(=O)(=O)N1CCc2ccccc21. The van der Waals surface area contributed by atoms with Crippen molar-refractivity contribution in [3.63, 3.8) is 0 Å². The third-order valence-corrected chi connectivity index (χ3v) is 6.76. The first-order valence-electron chi connectivity index (χ1n) is 10.6. The molecule has 0 radical (unpaired) electrons. The van der Waals surface area contributed by atoms with Gasteiger partial charge in [0, 0.05) is 32.8 Å². The van der Waals surface area contributed by atoms with E-state index in [4.69, 9.17) is 4.74 Å². The second kappa shape index (κ2) is 11.4. The molecule has 1 unspecified atom stereocenters. The fraction of sp³-hybridized carbons (Fsp3) is 0.667. The first-order chi connectivity index (χ1) is 13.9. The average Bonchev–Trinajstić information content (AvgIpc) is 3.12. The van der Waals surface area contributed by atoms with Gasteiger partial charge in [-0.1, -0.05) is 32.0 Å². The van der Waals surface area contributed by atoms with Gasteiger partial charge in [-0.15, -0.1) is 0 Å². The van der Waals surface area contributed by atoms with E-state index in [1.54, 1.807) is 0 Å². The summed E-state index contributed by atoms with van der Waals surface area (Å²) in [4.78, 5) is 4.58. The summed E-state index contributed by atoms with van der Waals surface area (Å²) < 4.78 is 32.9. The maximum Gasteiger partial charge on any atom is 0.236 e. The minimum absolute atomic E-state index is 0.0271. The van der Waals surface area contributed by atoms with E-state index in [1.165, 1.54) is 4.31 Å². The number of aliphatic imine (C=N–C) groups is 1. The van der Waals surface area contributed by atoms with Crippen LogP contribution in [0.15, 0.2) is 29.3 Å². The zero-order valence-corrected chi connectivity index (χ0v) is 19.0. The number of hydrogen-bond donors (Lipinski definition) is 2. The number of guanidine groups is 1. The molecule has 0 fully saturated rings. The number of ether oxygens (including phenoxy) is 1. The molecule has 0 bridgehead atoms. The van der Waals surface area contributed by atoms with Crippen LogP contribution in [-0.2, 0) is 21.2 Å². The lowest BCUT2D eigenvalue weighted by Crippen LogP contribution is -2.42. The van der Waals surface area contributed by atoms with Crippen molar-refractivity contribution in [2.45, 2.75) is 46.6 Å². The second-order valence-corrected chi connectivity index (χ2v) is 9.49. The van der Waals surface area contributed by atoms with Crippen molar-refractivity contribution >= 4 is 21.7 Å². The van der Waals surface area contributed by atoms with Gasteiger partial charge in [-0.25, -0.2) is 8.42 Å². The summed E-state index contributed by atoms with van der Waals surface area (Å²) in [5.41, 5.74) is 1.90. The molecule has 0 saturated carbocycles. The van der Waals surface area contributed by atoms with Crippen molar-refractivity contribution in [1.29, 1.82) is 0 Å². The van der Waals surface area contributed by atoms with E-state index in [1.807, 2.05) is 38.1 Å². The van der Waals surface area contributed by atoms with Crippen molar-refractivity contribution in [2.75, 3.05) is 42.8 Å². The van der Waals surface area contributed by atoms with Crippen LogP contribution in [0, 0.1) is 5.92 Å². The van der Waals surface area contributed by atoms with E-state index in [0.717, 1.165) is 30.6 Å². The second-order valence-electron chi connectivity index (χ2n) is 7.48. The predicted molar refractivity (Wildman–Crippen MR) is 120 cm³/mol. The average molecular weight is 425 g/mol. The van der Waals surface area contributed by atoms with Gasteiger partial charge in [0.15, 0.2) is 5.96 Å². The topological polar surface area (TPSA) is 83.0 Å². The molecule has 0 amide bonds. The molecule has 2 rings (SSSR count). The number of nitrogens with zero attached hydrogens (tertiary/aromatic N) is 2. The lowest BCUT2D eigenvalue weighted by atomic mass is 10.0. The van der Waals surface area contributed by atoms with E-state index in [2.05, 4.69) is 29.5 Å². The van der Waals surface area contributed by atoms with E-state index in [0.29, 0.717) is 38.1 Å². The quantitative estimate of drug-likeness (QED) is 0.421. The molecule has 7 nitrogen and oxygen atoms in total. The number of rotatable bonds is 11. The molecule has 1 aromatic rings. The van der Waals surface area contributed by atoms with E-state index in [9.17, 15) is 8.42 Å². The monoisotopic (exact) mass is 424 g/mol. The van der Waals surface area contributed by atoms with Gasteiger partial charge in [-0.05, 0) is 44.2 Å². The van der Waals surface area contributed by atoms with Crippen molar-refractivity contribution in [1.82, 2.24) is 10.6 Å². The Labute approximate surface area is 176 Å². The van der Waals surface area contributed by atoms with Crippen molar-refractivity contribution < 1.29 is 13.2 Å². The normalized spacial score (nSPS) is 15.5. The Morgan fingerprint density at radius 2 is 2.00 bits per heavy atom. The van der Waals surface area contributed by atoms with Gasteiger partial charge >= 0.3 is 0 Å². The Balaban J connectivity index is 1.88. The molecular formula is C21H36N4O3S. The molecular weight excluding hydrogens is 388 g/mol. The molecule has 1 aliphatic rings.